The molecule has 4 aromatic carbocycles. The lowest BCUT2D eigenvalue weighted by molar-refractivity contribution is 1.20. The molecule has 2 N–H and O–H groups in total. The van der Waals surface area contributed by atoms with Crippen molar-refractivity contribution in [2.75, 3.05) is 17.3 Å². The number of benzene rings is 4. The Morgan fingerprint density at radius 3 is 1.00 bits per heavy atom. The van der Waals surface area contributed by atoms with Crippen molar-refractivity contribution < 1.29 is 0 Å². The van der Waals surface area contributed by atoms with E-state index in [1.54, 1.807) is 0 Å². The molecule has 6 heteroatoms. The van der Waals surface area contributed by atoms with Gasteiger partial charge >= 0.3 is 0 Å². The zero-order valence-corrected chi connectivity index (χ0v) is 18.7. The van der Waals surface area contributed by atoms with E-state index in [1.807, 2.05) is 97.1 Å². The first-order chi connectivity index (χ1) is 16.1. The van der Waals surface area contributed by atoms with Crippen LogP contribution < -0.4 is 10.6 Å². The predicted molar refractivity (Wildman–Crippen MR) is 136 cm³/mol. The summed E-state index contributed by atoms with van der Waals surface area (Å²) >= 11 is 0. The normalized spacial score (nSPS) is 11.2. The maximum Gasteiger partial charge on any atom is 0.0858 e. The second-order valence-electron chi connectivity index (χ2n) is 7.70. The molecule has 0 atom stereocenters. The SMILES string of the molecule is Cc1ccc(N=Nc2ccc(NCNc3ccc(N=Nc4ccc(C)cc4)cc3)cc2)cc1. The van der Waals surface area contributed by atoms with Crippen molar-refractivity contribution in [1.82, 2.24) is 0 Å². The van der Waals surface area contributed by atoms with Crippen LogP contribution in [0.4, 0.5) is 34.1 Å². The molecular formula is C27H26N6. The average Bonchev–Trinajstić information content (AvgIpc) is 2.85. The molecule has 0 amide bonds. The molecule has 33 heavy (non-hydrogen) atoms. The molecule has 0 aromatic heterocycles. The molecule has 0 radical (unpaired) electrons. The van der Waals surface area contributed by atoms with Crippen molar-refractivity contribution in [1.29, 1.82) is 0 Å². The van der Waals surface area contributed by atoms with Crippen LogP contribution in [0, 0.1) is 13.8 Å². The summed E-state index contributed by atoms with van der Waals surface area (Å²) in [6.07, 6.45) is 0. The molecule has 0 aliphatic heterocycles. The molecule has 0 saturated carbocycles. The Hall–Kier alpha value is -4.32. The molecule has 4 aromatic rings. The van der Waals surface area contributed by atoms with Gasteiger partial charge in [-0.2, -0.15) is 20.5 Å². The molecule has 164 valence electrons. The highest BCUT2D eigenvalue weighted by Gasteiger charge is 1.96. The topological polar surface area (TPSA) is 73.5 Å². The molecule has 0 aliphatic carbocycles. The van der Waals surface area contributed by atoms with Crippen LogP contribution in [0.1, 0.15) is 11.1 Å². The highest BCUT2D eigenvalue weighted by atomic mass is 15.1. The first-order valence-electron chi connectivity index (χ1n) is 10.8. The van der Waals surface area contributed by atoms with Gasteiger partial charge in [0.15, 0.2) is 0 Å². The summed E-state index contributed by atoms with van der Waals surface area (Å²) in [4.78, 5) is 0. The second kappa shape index (κ2) is 10.8. The van der Waals surface area contributed by atoms with Crippen LogP contribution in [-0.2, 0) is 0 Å². The van der Waals surface area contributed by atoms with Gasteiger partial charge in [0.25, 0.3) is 0 Å². The van der Waals surface area contributed by atoms with Crippen LogP contribution in [0.15, 0.2) is 118 Å². The Morgan fingerprint density at radius 1 is 0.424 bits per heavy atom. The number of rotatable bonds is 8. The minimum absolute atomic E-state index is 0.592. The molecular weight excluding hydrogens is 408 g/mol. The molecule has 0 unspecified atom stereocenters. The van der Waals surface area contributed by atoms with Crippen LogP contribution >= 0.6 is 0 Å². The summed E-state index contributed by atoms with van der Waals surface area (Å²) < 4.78 is 0. The first-order valence-corrected chi connectivity index (χ1v) is 10.8. The van der Waals surface area contributed by atoms with E-state index in [-0.39, 0.29) is 0 Å². The number of hydrogen-bond acceptors (Lipinski definition) is 6. The van der Waals surface area contributed by atoms with Crippen molar-refractivity contribution in [3.05, 3.63) is 108 Å². The Labute approximate surface area is 194 Å². The van der Waals surface area contributed by atoms with Gasteiger partial charge < -0.3 is 10.6 Å². The molecule has 0 heterocycles. The number of azo groups is 2. The quantitative estimate of drug-likeness (QED) is 0.215. The van der Waals surface area contributed by atoms with Gasteiger partial charge in [-0.25, -0.2) is 0 Å². The highest BCUT2D eigenvalue weighted by molar-refractivity contribution is 5.54. The van der Waals surface area contributed by atoms with E-state index in [2.05, 4.69) is 44.9 Å². The molecule has 6 nitrogen and oxygen atoms in total. The smallest absolute Gasteiger partial charge is 0.0858 e. The minimum atomic E-state index is 0.592. The van der Waals surface area contributed by atoms with Crippen molar-refractivity contribution in [3.63, 3.8) is 0 Å². The predicted octanol–water partition coefficient (Wildman–Crippen LogP) is 8.62. The van der Waals surface area contributed by atoms with Crippen molar-refractivity contribution in [2.45, 2.75) is 13.8 Å². The Bertz CT molecular complexity index is 1110. The molecule has 4 rings (SSSR count). The van der Waals surface area contributed by atoms with Crippen molar-refractivity contribution in [2.24, 2.45) is 20.5 Å². The lowest BCUT2D eigenvalue weighted by atomic mass is 10.2. The minimum Gasteiger partial charge on any atom is -0.368 e. The van der Waals surface area contributed by atoms with E-state index in [0.717, 1.165) is 34.1 Å². The number of aryl methyl sites for hydroxylation is 2. The van der Waals surface area contributed by atoms with Gasteiger partial charge in [0.2, 0.25) is 0 Å². The van der Waals surface area contributed by atoms with Crippen molar-refractivity contribution in [3.8, 4) is 0 Å². The van der Waals surface area contributed by atoms with E-state index in [0.29, 0.717) is 6.67 Å². The van der Waals surface area contributed by atoms with Crippen LogP contribution in [0.5, 0.6) is 0 Å². The number of anilines is 2. The maximum absolute atomic E-state index is 4.29. The second-order valence-corrected chi connectivity index (χ2v) is 7.70. The largest absolute Gasteiger partial charge is 0.368 e. The summed E-state index contributed by atoms with van der Waals surface area (Å²) in [5, 5.41) is 23.8. The van der Waals surface area contributed by atoms with Crippen LogP contribution in [0.2, 0.25) is 0 Å². The van der Waals surface area contributed by atoms with Crippen LogP contribution in [0.25, 0.3) is 0 Å². The van der Waals surface area contributed by atoms with Crippen LogP contribution in [-0.4, -0.2) is 6.67 Å². The molecule has 0 spiro atoms. The van der Waals surface area contributed by atoms with Gasteiger partial charge in [0.05, 0.1) is 29.4 Å². The van der Waals surface area contributed by atoms with Gasteiger partial charge in [0, 0.05) is 11.4 Å². The number of nitrogens with zero attached hydrogens (tertiary/aromatic N) is 4. The lowest BCUT2D eigenvalue weighted by Crippen LogP contribution is -2.11. The molecule has 0 fully saturated rings. The Morgan fingerprint density at radius 2 is 0.697 bits per heavy atom. The van der Waals surface area contributed by atoms with Gasteiger partial charge in [-0.15, -0.1) is 0 Å². The Kier molecular flexibility index (Phi) is 7.18. The molecule has 0 aliphatic rings. The van der Waals surface area contributed by atoms with E-state index in [1.165, 1.54) is 11.1 Å². The number of nitrogens with one attached hydrogen (secondary N) is 2. The number of hydrogen-bond donors (Lipinski definition) is 2. The van der Waals surface area contributed by atoms with E-state index in [4.69, 9.17) is 0 Å². The Balaban J connectivity index is 1.24. The molecule has 0 bridgehead atoms. The summed E-state index contributed by atoms with van der Waals surface area (Å²) in [5.74, 6) is 0. The molecule has 0 saturated heterocycles. The zero-order valence-electron chi connectivity index (χ0n) is 18.7. The monoisotopic (exact) mass is 434 g/mol. The van der Waals surface area contributed by atoms with Crippen molar-refractivity contribution >= 4 is 34.1 Å². The van der Waals surface area contributed by atoms with Gasteiger partial charge in [-0.3, -0.25) is 0 Å². The summed E-state index contributed by atoms with van der Waals surface area (Å²) in [5.41, 5.74) is 7.72. The van der Waals surface area contributed by atoms with Gasteiger partial charge in [-0.05, 0) is 86.6 Å². The van der Waals surface area contributed by atoms with E-state index >= 15 is 0 Å². The average molecular weight is 435 g/mol. The van der Waals surface area contributed by atoms with Crippen LogP contribution in [0.3, 0.4) is 0 Å². The third-order valence-electron chi connectivity index (χ3n) is 4.95. The summed E-state index contributed by atoms with van der Waals surface area (Å²) in [6.45, 7) is 4.70. The van der Waals surface area contributed by atoms with E-state index < -0.39 is 0 Å². The van der Waals surface area contributed by atoms with E-state index in [9.17, 15) is 0 Å². The third-order valence-corrected chi connectivity index (χ3v) is 4.95. The fraction of sp³-hybridized carbons (Fsp3) is 0.111. The summed E-state index contributed by atoms with van der Waals surface area (Å²) in [7, 11) is 0. The fourth-order valence-electron chi connectivity index (χ4n) is 2.99. The highest BCUT2D eigenvalue weighted by Crippen LogP contribution is 2.22. The van der Waals surface area contributed by atoms with Gasteiger partial charge in [0.1, 0.15) is 0 Å². The standard InChI is InChI=1S/C27H26N6/c1-20-3-7-24(8-4-20)30-32-26-15-11-22(12-16-26)28-19-29-23-13-17-27(18-14-23)33-31-25-9-5-21(2)6-10-25/h3-18,28-29H,19H2,1-2H3. The van der Waals surface area contributed by atoms with Gasteiger partial charge in [-0.1, -0.05) is 35.4 Å². The first kappa shape index (κ1) is 21.9. The fourth-order valence-corrected chi connectivity index (χ4v) is 2.99. The zero-order chi connectivity index (χ0) is 22.9. The summed E-state index contributed by atoms with van der Waals surface area (Å²) in [6, 6.07) is 31.6. The lowest BCUT2D eigenvalue weighted by Gasteiger charge is -2.09. The maximum atomic E-state index is 4.29. The third kappa shape index (κ3) is 6.83.